The van der Waals surface area contributed by atoms with E-state index in [0.29, 0.717) is 30.7 Å². The number of halogens is 1. The van der Waals surface area contributed by atoms with E-state index in [1.54, 1.807) is 12.2 Å². The van der Waals surface area contributed by atoms with Gasteiger partial charge >= 0.3 is 0 Å². The van der Waals surface area contributed by atoms with Crippen molar-refractivity contribution in [3.05, 3.63) is 60.2 Å². The van der Waals surface area contributed by atoms with Crippen LogP contribution in [-0.2, 0) is 16.1 Å². The highest BCUT2D eigenvalue weighted by Gasteiger charge is 2.31. The van der Waals surface area contributed by atoms with E-state index in [1.807, 2.05) is 24.3 Å². The predicted molar refractivity (Wildman–Crippen MR) is 99.7 cm³/mol. The van der Waals surface area contributed by atoms with Crippen molar-refractivity contribution in [2.24, 2.45) is 5.16 Å². The largest absolute Gasteiger partial charge is 0.387 e. The van der Waals surface area contributed by atoms with Crippen LogP contribution in [0.25, 0.3) is 0 Å². The second-order valence-electron chi connectivity index (χ2n) is 6.15. The van der Waals surface area contributed by atoms with Crippen LogP contribution >= 0.6 is 11.6 Å². The molecule has 2 N–H and O–H groups in total. The van der Waals surface area contributed by atoms with E-state index < -0.39 is 11.7 Å². The van der Waals surface area contributed by atoms with E-state index in [4.69, 9.17) is 16.4 Å². The van der Waals surface area contributed by atoms with E-state index in [-0.39, 0.29) is 12.5 Å². The molecule has 134 valence electrons. The number of hydrogen-bond donors (Lipinski definition) is 2. The third-order valence-electron chi connectivity index (χ3n) is 4.02. The summed E-state index contributed by atoms with van der Waals surface area (Å²) in [5.41, 5.74) is 0.624. The maximum Gasteiger partial charge on any atom is 0.264 e. The summed E-state index contributed by atoms with van der Waals surface area (Å²) in [6, 6.07) is 7.50. The summed E-state index contributed by atoms with van der Waals surface area (Å²) in [4.78, 5) is 17.5. The summed E-state index contributed by atoms with van der Waals surface area (Å²) in [5.74, 6) is -0.301. The highest BCUT2D eigenvalue weighted by atomic mass is 35.5. The first-order valence-electron chi connectivity index (χ1n) is 8.14. The van der Waals surface area contributed by atoms with E-state index in [9.17, 15) is 9.90 Å². The van der Waals surface area contributed by atoms with Crippen molar-refractivity contribution in [3.63, 3.8) is 0 Å². The maximum absolute atomic E-state index is 12.3. The monoisotopic (exact) mass is 362 g/mol. The van der Waals surface area contributed by atoms with Crippen LogP contribution in [0.4, 0.5) is 0 Å². The summed E-state index contributed by atoms with van der Waals surface area (Å²) in [6.45, 7) is 7.36. The molecule has 1 amide bonds. The molecule has 1 heterocycles. The molecular formula is C19H23ClN2O3. The molecule has 25 heavy (non-hydrogen) atoms. The standard InChI is InChI=1S/C19H23ClN2O3/c1-3-9-19(24,10-4-2)13-21-18(23)17-12-15(22-25-17)11-14-7-5-6-8-16(14)20/h3-8,17,24H,1-2,9-13H2,(H,21,23). The van der Waals surface area contributed by atoms with Gasteiger partial charge in [-0.1, -0.05) is 47.1 Å². The molecule has 0 saturated heterocycles. The van der Waals surface area contributed by atoms with Gasteiger partial charge in [0.2, 0.25) is 6.10 Å². The molecule has 1 aliphatic heterocycles. The fourth-order valence-corrected chi connectivity index (χ4v) is 2.87. The maximum atomic E-state index is 12.3. The molecule has 0 bridgehead atoms. The Morgan fingerprint density at radius 1 is 1.40 bits per heavy atom. The van der Waals surface area contributed by atoms with Crippen LogP contribution in [0, 0.1) is 0 Å². The van der Waals surface area contributed by atoms with E-state index in [2.05, 4.69) is 23.6 Å². The van der Waals surface area contributed by atoms with Gasteiger partial charge in [-0.25, -0.2) is 0 Å². The van der Waals surface area contributed by atoms with Gasteiger partial charge in [0.25, 0.3) is 5.91 Å². The zero-order valence-electron chi connectivity index (χ0n) is 14.1. The van der Waals surface area contributed by atoms with E-state index in [1.165, 1.54) is 0 Å². The molecule has 1 aliphatic rings. The third kappa shape index (κ3) is 5.44. The minimum Gasteiger partial charge on any atom is -0.387 e. The molecule has 1 aromatic rings. The van der Waals surface area contributed by atoms with Crippen LogP contribution in [0.2, 0.25) is 5.02 Å². The molecule has 1 unspecified atom stereocenters. The Kier molecular flexibility index (Phi) is 6.79. The fourth-order valence-electron chi connectivity index (χ4n) is 2.66. The number of nitrogens with zero attached hydrogens (tertiary/aromatic N) is 1. The summed E-state index contributed by atoms with van der Waals surface area (Å²) >= 11 is 6.14. The van der Waals surface area contributed by atoms with Gasteiger partial charge in [-0.3, -0.25) is 4.79 Å². The van der Waals surface area contributed by atoms with Crippen LogP contribution in [-0.4, -0.2) is 35.0 Å². The Morgan fingerprint density at radius 3 is 2.72 bits per heavy atom. The van der Waals surface area contributed by atoms with Crippen molar-refractivity contribution in [2.45, 2.75) is 37.4 Å². The molecule has 2 rings (SSSR count). The lowest BCUT2D eigenvalue weighted by molar-refractivity contribution is -0.132. The van der Waals surface area contributed by atoms with Crippen LogP contribution in [0.3, 0.4) is 0 Å². The minimum atomic E-state index is -1.08. The van der Waals surface area contributed by atoms with Crippen molar-refractivity contribution in [2.75, 3.05) is 6.54 Å². The van der Waals surface area contributed by atoms with E-state index >= 15 is 0 Å². The number of carbonyl (C=O) groups is 1. The lowest BCUT2D eigenvalue weighted by Crippen LogP contribution is -2.45. The number of carbonyl (C=O) groups excluding carboxylic acids is 1. The normalized spacial score (nSPS) is 16.7. The Bertz CT molecular complexity index is 662. The highest BCUT2D eigenvalue weighted by Crippen LogP contribution is 2.21. The number of oxime groups is 1. The second-order valence-corrected chi connectivity index (χ2v) is 6.56. The molecule has 0 saturated carbocycles. The number of aliphatic hydroxyl groups is 1. The van der Waals surface area contributed by atoms with Crippen LogP contribution < -0.4 is 5.32 Å². The lowest BCUT2D eigenvalue weighted by Gasteiger charge is -2.26. The fraction of sp³-hybridized carbons (Fsp3) is 0.368. The van der Waals surface area contributed by atoms with Gasteiger partial charge in [-0.2, -0.15) is 0 Å². The molecule has 0 radical (unpaired) electrons. The molecule has 5 nitrogen and oxygen atoms in total. The second kappa shape index (κ2) is 8.83. The first-order valence-corrected chi connectivity index (χ1v) is 8.52. The van der Waals surface area contributed by atoms with Gasteiger partial charge < -0.3 is 15.3 Å². The van der Waals surface area contributed by atoms with Gasteiger partial charge in [-0.05, 0) is 24.5 Å². The third-order valence-corrected chi connectivity index (χ3v) is 4.38. The molecular weight excluding hydrogens is 340 g/mol. The number of benzene rings is 1. The Hall–Kier alpha value is -2.11. The van der Waals surface area contributed by atoms with Crippen LogP contribution in [0.5, 0.6) is 0 Å². The minimum absolute atomic E-state index is 0.101. The molecule has 0 aromatic heterocycles. The van der Waals surface area contributed by atoms with Gasteiger partial charge in [0.1, 0.15) is 0 Å². The molecule has 1 aromatic carbocycles. The van der Waals surface area contributed by atoms with Crippen LogP contribution in [0.1, 0.15) is 24.8 Å². The average Bonchev–Trinajstić information content (AvgIpc) is 3.04. The summed E-state index contributed by atoms with van der Waals surface area (Å²) < 4.78 is 0. The first-order chi connectivity index (χ1) is 12.0. The first kappa shape index (κ1) is 19.2. The van der Waals surface area contributed by atoms with Gasteiger partial charge in [0.15, 0.2) is 0 Å². The van der Waals surface area contributed by atoms with Crippen molar-refractivity contribution >= 4 is 23.2 Å². The number of rotatable bonds is 9. The van der Waals surface area contributed by atoms with Crippen LogP contribution in [0.15, 0.2) is 54.7 Å². The topological polar surface area (TPSA) is 70.9 Å². The summed E-state index contributed by atoms with van der Waals surface area (Å²) in [7, 11) is 0. The predicted octanol–water partition coefficient (Wildman–Crippen LogP) is 3.03. The lowest BCUT2D eigenvalue weighted by atomic mass is 9.95. The Morgan fingerprint density at radius 2 is 2.08 bits per heavy atom. The molecule has 1 atom stereocenters. The number of hydrogen-bond acceptors (Lipinski definition) is 4. The van der Waals surface area contributed by atoms with Gasteiger partial charge in [0.05, 0.1) is 11.3 Å². The highest BCUT2D eigenvalue weighted by molar-refractivity contribution is 6.31. The number of amides is 1. The summed E-state index contributed by atoms with van der Waals surface area (Å²) in [6.07, 6.45) is 4.21. The smallest absolute Gasteiger partial charge is 0.264 e. The molecule has 0 fully saturated rings. The Labute approximate surface area is 153 Å². The van der Waals surface area contributed by atoms with Crippen molar-refractivity contribution in [1.82, 2.24) is 5.32 Å². The van der Waals surface area contributed by atoms with Crippen molar-refractivity contribution in [3.8, 4) is 0 Å². The zero-order chi connectivity index (χ0) is 18.3. The average molecular weight is 363 g/mol. The zero-order valence-corrected chi connectivity index (χ0v) is 14.8. The molecule has 0 spiro atoms. The van der Waals surface area contributed by atoms with Gasteiger partial charge in [0, 0.05) is 24.4 Å². The van der Waals surface area contributed by atoms with Crippen molar-refractivity contribution in [1.29, 1.82) is 0 Å². The van der Waals surface area contributed by atoms with E-state index in [0.717, 1.165) is 11.3 Å². The number of nitrogens with one attached hydrogen (secondary N) is 1. The Balaban J connectivity index is 1.86. The quantitative estimate of drug-likeness (QED) is 0.663. The van der Waals surface area contributed by atoms with Gasteiger partial charge in [-0.15, -0.1) is 13.2 Å². The van der Waals surface area contributed by atoms with Crippen molar-refractivity contribution < 1.29 is 14.7 Å². The molecule has 6 heteroatoms. The molecule has 0 aliphatic carbocycles. The SMILES string of the molecule is C=CCC(O)(CC=C)CNC(=O)C1CC(Cc2ccccc2Cl)=NO1. The summed E-state index contributed by atoms with van der Waals surface area (Å²) in [5, 5.41) is 17.8.